The second-order valence-electron chi connectivity index (χ2n) is 4.17. The Morgan fingerprint density at radius 1 is 1.06 bits per heavy atom. The molecule has 0 radical (unpaired) electrons. The van der Waals surface area contributed by atoms with Crippen LogP contribution in [-0.2, 0) is 13.1 Å². The van der Waals surface area contributed by atoms with Crippen molar-refractivity contribution in [3.05, 3.63) is 60.0 Å². The van der Waals surface area contributed by atoms with Gasteiger partial charge in [0.1, 0.15) is 0 Å². The monoisotopic (exact) mass is 238 g/mol. The Kier molecular flexibility index (Phi) is 3.02. The van der Waals surface area contributed by atoms with Crippen molar-refractivity contribution in [2.75, 3.05) is 0 Å². The van der Waals surface area contributed by atoms with E-state index in [1.54, 1.807) is 6.20 Å². The normalized spacial score (nSPS) is 10.9. The van der Waals surface area contributed by atoms with Gasteiger partial charge < -0.3 is 10.3 Å². The Bertz CT molecular complexity index is 630. The van der Waals surface area contributed by atoms with Gasteiger partial charge in [0.25, 0.3) is 0 Å². The zero-order chi connectivity index (χ0) is 12.2. The van der Waals surface area contributed by atoms with Crippen molar-refractivity contribution in [2.24, 2.45) is 0 Å². The highest BCUT2D eigenvalue weighted by atomic mass is 15.1. The highest BCUT2D eigenvalue weighted by Gasteiger charge is 2.01. The number of aromatic amines is 1. The summed E-state index contributed by atoms with van der Waals surface area (Å²) in [4.78, 5) is 3.22. The van der Waals surface area contributed by atoms with Crippen molar-refractivity contribution < 1.29 is 0 Å². The van der Waals surface area contributed by atoms with Gasteiger partial charge in [-0.1, -0.05) is 12.1 Å². The quantitative estimate of drug-likeness (QED) is 0.733. The molecule has 4 nitrogen and oxygen atoms in total. The van der Waals surface area contributed by atoms with Crippen LogP contribution < -0.4 is 5.32 Å². The lowest BCUT2D eigenvalue weighted by Crippen LogP contribution is -2.14. The maximum absolute atomic E-state index is 4.04. The molecule has 0 aliphatic rings. The lowest BCUT2D eigenvalue weighted by molar-refractivity contribution is 0.673. The second kappa shape index (κ2) is 4.98. The van der Waals surface area contributed by atoms with Crippen LogP contribution in [0.15, 0.2) is 48.8 Å². The maximum atomic E-state index is 4.04. The molecule has 0 fully saturated rings. The number of aromatic nitrogens is 3. The van der Waals surface area contributed by atoms with Gasteiger partial charge in [0.2, 0.25) is 0 Å². The summed E-state index contributed by atoms with van der Waals surface area (Å²) in [5.41, 5.74) is 3.42. The zero-order valence-electron chi connectivity index (χ0n) is 9.93. The number of hydrogen-bond acceptors (Lipinski definition) is 3. The highest BCUT2D eigenvalue weighted by Crippen LogP contribution is 2.16. The van der Waals surface area contributed by atoms with E-state index in [2.05, 4.69) is 44.8 Å². The fourth-order valence-corrected chi connectivity index (χ4v) is 2.06. The largest absolute Gasteiger partial charge is 0.361 e. The third-order valence-electron chi connectivity index (χ3n) is 2.93. The molecule has 2 N–H and O–H groups in total. The molecule has 4 heteroatoms. The Balaban J connectivity index is 1.68. The number of H-pyrrole nitrogens is 1. The van der Waals surface area contributed by atoms with E-state index in [0.717, 1.165) is 18.8 Å². The van der Waals surface area contributed by atoms with Crippen LogP contribution in [0.4, 0.5) is 0 Å². The summed E-state index contributed by atoms with van der Waals surface area (Å²) < 4.78 is 0. The summed E-state index contributed by atoms with van der Waals surface area (Å²) in [6.45, 7) is 1.56. The second-order valence-corrected chi connectivity index (χ2v) is 4.17. The molecule has 0 unspecified atom stereocenters. The molecule has 0 saturated heterocycles. The average Bonchev–Trinajstić information content (AvgIpc) is 2.89. The first kappa shape index (κ1) is 10.9. The molecule has 2 heterocycles. The van der Waals surface area contributed by atoms with Crippen LogP contribution in [0.5, 0.6) is 0 Å². The summed E-state index contributed by atoms with van der Waals surface area (Å²) in [6, 6.07) is 12.3. The van der Waals surface area contributed by atoms with Crippen LogP contribution >= 0.6 is 0 Å². The van der Waals surface area contributed by atoms with Crippen molar-refractivity contribution in [1.82, 2.24) is 20.5 Å². The van der Waals surface area contributed by atoms with Gasteiger partial charge in [0.15, 0.2) is 0 Å². The number of nitrogens with zero attached hydrogens (tertiary/aromatic N) is 2. The molecule has 0 bridgehead atoms. The predicted octanol–water partition coefficient (Wildman–Crippen LogP) is 2.25. The molecule has 0 spiro atoms. The fraction of sp³-hybridized carbons (Fsp3) is 0.143. The number of nitrogens with one attached hydrogen (secondary N) is 2. The zero-order valence-corrected chi connectivity index (χ0v) is 9.93. The lowest BCUT2D eigenvalue weighted by Gasteiger charge is -2.05. The van der Waals surface area contributed by atoms with E-state index >= 15 is 0 Å². The first-order valence-electron chi connectivity index (χ1n) is 5.96. The summed E-state index contributed by atoms with van der Waals surface area (Å²) in [7, 11) is 0. The van der Waals surface area contributed by atoms with Crippen LogP contribution in [0.25, 0.3) is 10.9 Å². The molecule has 0 aliphatic carbocycles. The standard InChI is InChI=1S/C14H14N4/c1-3-11(13-6-8-16-14(13)5-1)9-15-10-12-4-2-7-17-18-12/h1-8,15-16H,9-10H2. The molecule has 0 amide bonds. The minimum Gasteiger partial charge on any atom is -0.361 e. The van der Waals surface area contributed by atoms with E-state index in [4.69, 9.17) is 0 Å². The number of benzene rings is 1. The average molecular weight is 238 g/mol. The molecule has 3 aromatic rings. The molecule has 3 rings (SSSR count). The molecule has 1 aromatic carbocycles. The molecule has 2 aromatic heterocycles. The van der Waals surface area contributed by atoms with Crippen molar-refractivity contribution in [1.29, 1.82) is 0 Å². The molecule has 18 heavy (non-hydrogen) atoms. The van der Waals surface area contributed by atoms with Crippen LogP contribution in [0.1, 0.15) is 11.3 Å². The lowest BCUT2D eigenvalue weighted by atomic mass is 10.1. The van der Waals surface area contributed by atoms with E-state index in [0.29, 0.717) is 0 Å². The fourth-order valence-electron chi connectivity index (χ4n) is 2.06. The summed E-state index contributed by atoms with van der Waals surface area (Å²) in [5, 5.41) is 12.6. The Hall–Kier alpha value is -2.20. The van der Waals surface area contributed by atoms with Gasteiger partial charge in [-0.15, -0.1) is 0 Å². The topological polar surface area (TPSA) is 53.6 Å². The molecule has 0 aliphatic heterocycles. The molecular formula is C14H14N4. The third kappa shape index (κ3) is 2.24. The maximum Gasteiger partial charge on any atom is 0.0769 e. The van der Waals surface area contributed by atoms with Gasteiger partial charge >= 0.3 is 0 Å². The van der Waals surface area contributed by atoms with Gasteiger partial charge in [-0.2, -0.15) is 10.2 Å². The van der Waals surface area contributed by atoms with Gasteiger partial charge in [-0.25, -0.2) is 0 Å². The van der Waals surface area contributed by atoms with Gasteiger partial charge in [0, 0.05) is 36.4 Å². The minimum absolute atomic E-state index is 0.731. The third-order valence-corrected chi connectivity index (χ3v) is 2.93. The van der Waals surface area contributed by atoms with E-state index in [1.807, 2.05) is 18.3 Å². The summed E-state index contributed by atoms with van der Waals surface area (Å²) in [6.07, 6.45) is 3.65. The van der Waals surface area contributed by atoms with Crippen molar-refractivity contribution in [3.63, 3.8) is 0 Å². The number of rotatable bonds is 4. The van der Waals surface area contributed by atoms with Crippen molar-refractivity contribution in [3.8, 4) is 0 Å². The molecule has 90 valence electrons. The van der Waals surface area contributed by atoms with Gasteiger partial charge in [-0.3, -0.25) is 0 Å². The van der Waals surface area contributed by atoms with Gasteiger partial charge in [0.05, 0.1) is 5.69 Å². The SMILES string of the molecule is c1cnnc(CNCc2cccc3[nH]ccc23)c1. The van der Waals surface area contributed by atoms with Crippen molar-refractivity contribution in [2.45, 2.75) is 13.1 Å². The smallest absolute Gasteiger partial charge is 0.0769 e. The Morgan fingerprint density at radius 3 is 2.94 bits per heavy atom. The van der Waals surface area contributed by atoms with Crippen LogP contribution in [0, 0.1) is 0 Å². The first-order valence-corrected chi connectivity index (χ1v) is 5.96. The Labute approximate surface area is 105 Å². The predicted molar refractivity (Wildman–Crippen MR) is 70.9 cm³/mol. The molecule has 0 atom stereocenters. The Morgan fingerprint density at radius 2 is 2.06 bits per heavy atom. The van der Waals surface area contributed by atoms with E-state index in [-0.39, 0.29) is 0 Å². The summed E-state index contributed by atoms with van der Waals surface area (Å²) >= 11 is 0. The number of hydrogen-bond donors (Lipinski definition) is 2. The van der Waals surface area contributed by atoms with Crippen LogP contribution in [0.3, 0.4) is 0 Å². The van der Waals surface area contributed by atoms with Crippen molar-refractivity contribution >= 4 is 10.9 Å². The summed E-state index contributed by atoms with van der Waals surface area (Å²) in [5.74, 6) is 0. The van der Waals surface area contributed by atoms with E-state index in [9.17, 15) is 0 Å². The highest BCUT2D eigenvalue weighted by molar-refractivity contribution is 5.82. The van der Waals surface area contributed by atoms with E-state index in [1.165, 1.54) is 16.5 Å². The van der Waals surface area contributed by atoms with Crippen LogP contribution in [0.2, 0.25) is 0 Å². The van der Waals surface area contributed by atoms with E-state index < -0.39 is 0 Å². The van der Waals surface area contributed by atoms with Gasteiger partial charge in [-0.05, 0) is 29.8 Å². The molecule has 0 saturated carbocycles. The van der Waals surface area contributed by atoms with Crippen LogP contribution in [-0.4, -0.2) is 15.2 Å². The molecular weight excluding hydrogens is 224 g/mol. The first-order chi connectivity index (χ1) is 8.93. The number of fused-ring (bicyclic) bond motifs is 1. The minimum atomic E-state index is 0.731.